The zero-order valence-corrected chi connectivity index (χ0v) is 4.76. The number of nitrogens with two attached hydrogens (primary N) is 1. The van der Waals surface area contributed by atoms with Crippen molar-refractivity contribution in [3.63, 3.8) is 0 Å². The maximum absolute atomic E-state index is 5.52. The first-order valence-corrected chi connectivity index (χ1v) is 2.48. The second-order valence-corrected chi connectivity index (χ2v) is 1.93. The van der Waals surface area contributed by atoms with Crippen molar-refractivity contribution in [1.82, 2.24) is 5.32 Å². The summed E-state index contributed by atoms with van der Waals surface area (Å²) in [5, 5.41) is 2.86. The van der Waals surface area contributed by atoms with Crippen molar-refractivity contribution in [2.45, 2.75) is 12.7 Å². The van der Waals surface area contributed by atoms with E-state index in [1.807, 2.05) is 0 Å². The number of nitrogens with one attached hydrogen (secondary N) is 1. The molecule has 0 radical (unpaired) electrons. The first-order valence-electron chi connectivity index (χ1n) is 2.48. The minimum absolute atomic E-state index is 0.589. The molecule has 44 valence electrons. The summed E-state index contributed by atoms with van der Waals surface area (Å²) in [6.07, 6.45) is 5.25. The van der Waals surface area contributed by atoms with Gasteiger partial charge in [-0.05, 0) is 13.0 Å². The fraction of sp³-hybridized carbons (Fsp3) is 0.400. The third kappa shape index (κ3) is 1.07. The number of rotatable bonds is 0. The third-order valence-corrected chi connectivity index (χ3v) is 0.901. The summed E-state index contributed by atoms with van der Waals surface area (Å²) in [7, 11) is 0. The molecule has 0 amide bonds. The molecular weight excluding hydrogens is 102 g/mol. The van der Waals surface area contributed by atoms with E-state index < -0.39 is 5.79 Å². The zero-order chi connectivity index (χ0) is 6.04. The van der Waals surface area contributed by atoms with Gasteiger partial charge in [0.1, 0.15) is 0 Å². The van der Waals surface area contributed by atoms with Crippen LogP contribution < -0.4 is 11.1 Å². The predicted molar refractivity (Wildman–Crippen MR) is 33.4 cm³/mol. The lowest BCUT2D eigenvalue weighted by atomic mass is 10.4. The van der Waals surface area contributed by atoms with E-state index in [4.69, 9.17) is 5.73 Å². The van der Waals surface area contributed by atoms with Gasteiger partial charge < -0.3 is 5.32 Å². The van der Waals surface area contributed by atoms with Gasteiger partial charge in [-0.15, -0.1) is 0 Å². The molecule has 1 aliphatic heterocycles. The Labute approximate surface area is 48.3 Å². The molecule has 0 aromatic rings. The summed E-state index contributed by atoms with van der Waals surface area (Å²) < 4.78 is 0. The van der Waals surface area contributed by atoms with Crippen LogP contribution in [0, 0.1) is 0 Å². The molecule has 0 saturated heterocycles. The normalized spacial score (nSPS) is 34.8. The molecule has 3 N–H and O–H groups in total. The molecule has 0 saturated carbocycles. The molecule has 1 atom stereocenters. The molecular formula is C5H9N3. The summed E-state index contributed by atoms with van der Waals surface area (Å²) >= 11 is 0. The summed E-state index contributed by atoms with van der Waals surface area (Å²) in [6, 6.07) is 0. The summed E-state index contributed by atoms with van der Waals surface area (Å²) in [6.45, 7) is 1.80. The van der Waals surface area contributed by atoms with Gasteiger partial charge in [0, 0.05) is 12.4 Å². The Kier molecular flexibility index (Phi) is 1.06. The predicted octanol–water partition coefficient (Wildman–Crippen LogP) is -0.193. The summed E-state index contributed by atoms with van der Waals surface area (Å²) in [5.41, 5.74) is 5.52. The summed E-state index contributed by atoms with van der Waals surface area (Å²) in [4.78, 5) is 3.92. The van der Waals surface area contributed by atoms with Crippen molar-refractivity contribution in [2.75, 3.05) is 0 Å². The minimum Gasteiger partial charge on any atom is -0.356 e. The van der Waals surface area contributed by atoms with Gasteiger partial charge in [-0.2, -0.15) is 0 Å². The van der Waals surface area contributed by atoms with Crippen molar-refractivity contribution in [2.24, 2.45) is 10.7 Å². The van der Waals surface area contributed by atoms with Crippen LogP contribution >= 0.6 is 0 Å². The number of hydrogen-bond donors (Lipinski definition) is 2. The fourth-order valence-corrected chi connectivity index (χ4v) is 0.495. The van der Waals surface area contributed by atoms with E-state index in [9.17, 15) is 0 Å². The van der Waals surface area contributed by atoms with Crippen LogP contribution in [-0.2, 0) is 0 Å². The molecule has 3 nitrogen and oxygen atoms in total. The molecule has 0 bridgehead atoms. The second-order valence-electron chi connectivity index (χ2n) is 1.93. The van der Waals surface area contributed by atoms with E-state index in [0.717, 1.165) is 0 Å². The van der Waals surface area contributed by atoms with Crippen LogP contribution in [0.5, 0.6) is 0 Å². The average molecular weight is 111 g/mol. The molecule has 1 heterocycles. The number of aliphatic imine (C=N–C) groups is 1. The van der Waals surface area contributed by atoms with Crippen LogP contribution in [-0.4, -0.2) is 12.0 Å². The van der Waals surface area contributed by atoms with E-state index in [0.29, 0.717) is 0 Å². The van der Waals surface area contributed by atoms with Crippen LogP contribution in [0.4, 0.5) is 0 Å². The van der Waals surface area contributed by atoms with Crippen molar-refractivity contribution in [3.05, 3.63) is 12.3 Å². The largest absolute Gasteiger partial charge is 0.356 e. The highest BCUT2D eigenvalue weighted by Gasteiger charge is 2.12. The van der Waals surface area contributed by atoms with Gasteiger partial charge in [0.25, 0.3) is 0 Å². The van der Waals surface area contributed by atoms with Crippen LogP contribution in [0.3, 0.4) is 0 Å². The molecule has 1 aliphatic rings. The minimum atomic E-state index is -0.589. The number of allylic oxidation sites excluding steroid dienone is 1. The molecule has 1 unspecified atom stereocenters. The molecule has 0 fully saturated rings. The van der Waals surface area contributed by atoms with Crippen LogP contribution in [0.1, 0.15) is 6.92 Å². The lowest BCUT2D eigenvalue weighted by Gasteiger charge is -2.21. The fourth-order valence-electron chi connectivity index (χ4n) is 0.495. The average Bonchev–Trinajstić information content (AvgIpc) is 1.65. The molecule has 0 aromatic heterocycles. The third-order valence-electron chi connectivity index (χ3n) is 0.901. The van der Waals surface area contributed by atoms with Crippen LogP contribution in [0.25, 0.3) is 0 Å². The maximum atomic E-state index is 5.52. The Hall–Kier alpha value is -0.830. The first-order chi connectivity index (χ1) is 3.71. The molecule has 3 heteroatoms. The van der Waals surface area contributed by atoms with Gasteiger partial charge in [0.05, 0.1) is 0 Å². The number of hydrogen-bond acceptors (Lipinski definition) is 3. The molecule has 0 aliphatic carbocycles. The molecule has 1 rings (SSSR count). The first kappa shape index (κ1) is 5.31. The lowest BCUT2D eigenvalue weighted by molar-refractivity contribution is 0.438. The Bertz CT molecular complexity index is 135. The van der Waals surface area contributed by atoms with Crippen molar-refractivity contribution in [1.29, 1.82) is 0 Å². The van der Waals surface area contributed by atoms with Crippen molar-refractivity contribution >= 4 is 6.21 Å². The second kappa shape index (κ2) is 1.59. The Morgan fingerprint density at radius 3 is 2.75 bits per heavy atom. The van der Waals surface area contributed by atoms with E-state index in [1.54, 1.807) is 25.4 Å². The standard InChI is InChI=1S/C5H9N3/c1-5(6)7-3-2-4-8-5/h2-4,7H,6H2,1H3. The van der Waals surface area contributed by atoms with E-state index >= 15 is 0 Å². The zero-order valence-electron chi connectivity index (χ0n) is 4.76. The number of nitrogens with zero attached hydrogens (tertiary/aromatic N) is 1. The maximum Gasteiger partial charge on any atom is 0.178 e. The van der Waals surface area contributed by atoms with Gasteiger partial charge in [0.15, 0.2) is 5.79 Å². The van der Waals surface area contributed by atoms with Crippen LogP contribution in [0.2, 0.25) is 0 Å². The molecule has 0 aromatic carbocycles. The highest BCUT2D eigenvalue weighted by atomic mass is 15.2. The van der Waals surface area contributed by atoms with Gasteiger partial charge in [0.2, 0.25) is 0 Å². The quantitative estimate of drug-likeness (QED) is 0.455. The molecule has 0 spiro atoms. The van der Waals surface area contributed by atoms with Gasteiger partial charge >= 0.3 is 0 Å². The van der Waals surface area contributed by atoms with E-state index in [-0.39, 0.29) is 0 Å². The van der Waals surface area contributed by atoms with E-state index in [1.165, 1.54) is 0 Å². The van der Waals surface area contributed by atoms with Crippen LogP contribution in [0.15, 0.2) is 17.3 Å². The van der Waals surface area contributed by atoms with Crippen molar-refractivity contribution in [3.8, 4) is 0 Å². The Morgan fingerprint density at radius 1 is 1.75 bits per heavy atom. The SMILES string of the molecule is CC1(N)N=CC=CN1. The Balaban J connectivity index is 2.65. The van der Waals surface area contributed by atoms with Gasteiger partial charge in [-0.3, -0.25) is 10.7 Å². The highest BCUT2D eigenvalue weighted by molar-refractivity contribution is 5.72. The monoisotopic (exact) mass is 111 g/mol. The smallest absolute Gasteiger partial charge is 0.178 e. The topological polar surface area (TPSA) is 50.4 Å². The lowest BCUT2D eigenvalue weighted by Crippen LogP contribution is -2.47. The van der Waals surface area contributed by atoms with Crippen molar-refractivity contribution < 1.29 is 0 Å². The summed E-state index contributed by atoms with van der Waals surface area (Å²) in [5.74, 6) is -0.589. The van der Waals surface area contributed by atoms with Gasteiger partial charge in [-0.25, -0.2) is 0 Å². The highest BCUT2D eigenvalue weighted by Crippen LogP contribution is 1.96. The Morgan fingerprint density at radius 2 is 2.50 bits per heavy atom. The van der Waals surface area contributed by atoms with E-state index in [2.05, 4.69) is 10.3 Å². The molecule has 8 heavy (non-hydrogen) atoms. The van der Waals surface area contributed by atoms with Gasteiger partial charge in [-0.1, -0.05) is 0 Å².